The minimum absolute atomic E-state index is 0.781. The predicted octanol–water partition coefficient (Wildman–Crippen LogP) is 3.12. The summed E-state index contributed by atoms with van der Waals surface area (Å²) in [6.45, 7) is 0. The molecule has 0 spiro atoms. The maximum Gasteiger partial charge on any atom is 0.111 e. The average molecular weight is 241 g/mol. The summed E-state index contributed by atoms with van der Waals surface area (Å²) in [4.78, 5) is 8.11. The van der Waals surface area contributed by atoms with Crippen molar-refractivity contribution >= 4 is 16.7 Å². The number of hydrogen-bond donors (Lipinski definition) is 2. The molecule has 4 rings (SSSR count). The maximum atomic E-state index is 5.96. The molecular formula is C15H19N3. The Hall–Kier alpha value is -1.51. The Kier molecular flexibility index (Phi) is 2.16. The third-order valence-corrected chi connectivity index (χ3v) is 4.93. The Balaban J connectivity index is 1.61. The van der Waals surface area contributed by atoms with Gasteiger partial charge in [0, 0.05) is 6.42 Å². The first-order chi connectivity index (χ1) is 8.79. The first kappa shape index (κ1) is 10.4. The molecular weight excluding hydrogens is 222 g/mol. The standard InChI is InChI=1S/C15H19N3/c16-12-2-1-3-13-15(12)18-14(17-13)8-11-7-9-4-5-10(11)6-9/h1-3,9-11H,4-8,16H2,(H,17,18). The zero-order chi connectivity index (χ0) is 12.1. The second-order valence-electron chi connectivity index (χ2n) is 6.07. The van der Waals surface area contributed by atoms with Crippen molar-refractivity contribution in [3.8, 4) is 0 Å². The van der Waals surface area contributed by atoms with Crippen molar-refractivity contribution in [2.24, 2.45) is 17.8 Å². The highest BCUT2D eigenvalue weighted by atomic mass is 14.9. The van der Waals surface area contributed by atoms with Crippen molar-refractivity contribution in [1.82, 2.24) is 9.97 Å². The van der Waals surface area contributed by atoms with Crippen LogP contribution in [0.5, 0.6) is 0 Å². The van der Waals surface area contributed by atoms with E-state index in [4.69, 9.17) is 5.73 Å². The Bertz CT molecular complexity index is 586. The molecule has 2 aromatic rings. The molecule has 18 heavy (non-hydrogen) atoms. The number of para-hydroxylation sites is 1. The number of nitrogens with one attached hydrogen (secondary N) is 1. The summed E-state index contributed by atoms with van der Waals surface area (Å²) < 4.78 is 0. The van der Waals surface area contributed by atoms with Gasteiger partial charge in [0.1, 0.15) is 11.3 Å². The molecule has 2 fully saturated rings. The fourth-order valence-corrected chi connectivity index (χ4v) is 4.08. The lowest BCUT2D eigenvalue weighted by Crippen LogP contribution is -2.13. The quantitative estimate of drug-likeness (QED) is 0.794. The fraction of sp³-hybridized carbons (Fsp3) is 0.533. The van der Waals surface area contributed by atoms with Gasteiger partial charge in [0.05, 0.1) is 11.2 Å². The van der Waals surface area contributed by atoms with E-state index in [-0.39, 0.29) is 0 Å². The number of benzene rings is 1. The van der Waals surface area contributed by atoms with Crippen LogP contribution in [0.3, 0.4) is 0 Å². The third kappa shape index (κ3) is 1.53. The van der Waals surface area contributed by atoms with Gasteiger partial charge >= 0.3 is 0 Å². The number of nitrogens with two attached hydrogens (primary N) is 1. The highest BCUT2D eigenvalue weighted by Crippen LogP contribution is 2.49. The van der Waals surface area contributed by atoms with Crippen molar-refractivity contribution in [1.29, 1.82) is 0 Å². The Morgan fingerprint density at radius 1 is 1.28 bits per heavy atom. The summed E-state index contributed by atoms with van der Waals surface area (Å²) in [5.74, 6) is 3.95. The number of aromatic amines is 1. The molecule has 2 saturated carbocycles. The molecule has 3 atom stereocenters. The van der Waals surface area contributed by atoms with Crippen LogP contribution < -0.4 is 5.73 Å². The van der Waals surface area contributed by atoms with Crippen LogP contribution in [0.2, 0.25) is 0 Å². The minimum atomic E-state index is 0.781. The SMILES string of the molecule is Nc1cccc2[nH]c(CC3CC4CCC3C4)nc12. The van der Waals surface area contributed by atoms with Crippen molar-refractivity contribution < 1.29 is 0 Å². The fourth-order valence-electron chi connectivity index (χ4n) is 4.08. The maximum absolute atomic E-state index is 5.96. The highest BCUT2D eigenvalue weighted by Gasteiger charge is 2.39. The molecule has 0 radical (unpaired) electrons. The summed E-state index contributed by atoms with van der Waals surface area (Å²) in [6.07, 6.45) is 6.89. The second-order valence-corrected chi connectivity index (χ2v) is 6.07. The van der Waals surface area contributed by atoms with Gasteiger partial charge in [0.2, 0.25) is 0 Å². The zero-order valence-electron chi connectivity index (χ0n) is 10.5. The van der Waals surface area contributed by atoms with Crippen molar-refractivity contribution in [2.45, 2.75) is 32.1 Å². The van der Waals surface area contributed by atoms with E-state index in [0.717, 1.165) is 46.7 Å². The number of rotatable bonds is 2. The lowest BCUT2D eigenvalue weighted by molar-refractivity contribution is 0.327. The molecule has 1 aromatic heterocycles. The number of hydrogen-bond acceptors (Lipinski definition) is 2. The van der Waals surface area contributed by atoms with E-state index in [1.54, 1.807) is 0 Å². The van der Waals surface area contributed by atoms with Crippen LogP contribution in [0, 0.1) is 17.8 Å². The zero-order valence-corrected chi connectivity index (χ0v) is 10.5. The summed E-state index contributed by atoms with van der Waals surface area (Å²) >= 11 is 0. The van der Waals surface area contributed by atoms with E-state index in [9.17, 15) is 0 Å². The molecule has 2 aliphatic rings. The second kappa shape index (κ2) is 3.74. The first-order valence-electron chi connectivity index (χ1n) is 7.02. The normalized spacial score (nSPS) is 30.3. The highest BCUT2D eigenvalue weighted by molar-refractivity contribution is 5.86. The molecule has 0 aliphatic heterocycles. The molecule has 3 unspecified atom stereocenters. The predicted molar refractivity (Wildman–Crippen MR) is 73.1 cm³/mol. The number of anilines is 1. The van der Waals surface area contributed by atoms with E-state index in [1.807, 2.05) is 12.1 Å². The lowest BCUT2D eigenvalue weighted by Gasteiger charge is -2.20. The van der Waals surface area contributed by atoms with Crippen molar-refractivity contribution in [3.05, 3.63) is 24.0 Å². The number of nitrogen functional groups attached to an aromatic ring is 1. The van der Waals surface area contributed by atoms with E-state index in [2.05, 4.69) is 16.0 Å². The van der Waals surface area contributed by atoms with Crippen LogP contribution in [-0.4, -0.2) is 9.97 Å². The number of H-pyrrole nitrogens is 1. The van der Waals surface area contributed by atoms with Gasteiger partial charge in [-0.05, 0) is 49.1 Å². The van der Waals surface area contributed by atoms with Crippen LogP contribution >= 0.6 is 0 Å². The molecule has 1 heterocycles. The first-order valence-corrected chi connectivity index (χ1v) is 7.02. The van der Waals surface area contributed by atoms with E-state index < -0.39 is 0 Å². The molecule has 3 N–H and O–H groups in total. The molecule has 94 valence electrons. The van der Waals surface area contributed by atoms with Gasteiger partial charge in [0.15, 0.2) is 0 Å². The summed E-state index contributed by atoms with van der Waals surface area (Å²) in [5, 5.41) is 0. The molecule has 2 bridgehead atoms. The molecule has 3 nitrogen and oxygen atoms in total. The molecule has 0 amide bonds. The molecule has 3 heteroatoms. The van der Waals surface area contributed by atoms with Gasteiger partial charge in [-0.15, -0.1) is 0 Å². The number of aromatic nitrogens is 2. The molecule has 2 aliphatic carbocycles. The topological polar surface area (TPSA) is 54.7 Å². The van der Waals surface area contributed by atoms with Gasteiger partial charge in [-0.3, -0.25) is 0 Å². The van der Waals surface area contributed by atoms with Crippen molar-refractivity contribution in [2.75, 3.05) is 5.73 Å². The monoisotopic (exact) mass is 241 g/mol. The number of fused-ring (bicyclic) bond motifs is 3. The third-order valence-electron chi connectivity index (χ3n) is 4.93. The summed E-state index contributed by atoms with van der Waals surface area (Å²) in [6, 6.07) is 5.96. The van der Waals surface area contributed by atoms with Gasteiger partial charge in [-0.1, -0.05) is 12.5 Å². The minimum Gasteiger partial charge on any atom is -0.397 e. The van der Waals surface area contributed by atoms with E-state index in [1.165, 1.54) is 25.7 Å². The van der Waals surface area contributed by atoms with Crippen LogP contribution in [0.1, 0.15) is 31.5 Å². The number of imidazole rings is 1. The van der Waals surface area contributed by atoms with Gasteiger partial charge in [0.25, 0.3) is 0 Å². The smallest absolute Gasteiger partial charge is 0.111 e. The Labute approximate surface area is 107 Å². The summed E-state index contributed by atoms with van der Waals surface area (Å²) in [5.41, 5.74) is 8.75. The van der Waals surface area contributed by atoms with E-state index >= 15 is 0 Å². The summed E-state index contributed by atoms with van der Waals surface area (Å²) in [7, 11) is 0. The van der Waals surface area contributed by atoms with E-state index in [0.29, 0.717) is 0 Å². The van der Waals surface area contributed by atoms with Gasteiger partial charge in [-0.25, -0.2) is 4.98 Å². The largest absolute Gasteiger partial charge is 0.397 e. The Morgan fingerprint density at radius 2 is 2.22 bits per heavy atom. The average Bonchev–Trinajstić information content (AvgIpc) is 3.03. The van der Waals surface area contributed by atoms with Crippen LogP contribution in [0.25, 0.3) is 11.0 Å². The Morgan fingerprint density at radius 3 is 2.94 bits per heavy atom. The lowest BCUT2D eigenvalue weighted by atomic mass is 9.86. The van der Waals surface area contributed by atoms with Crippen LogP contribution in [-0.2, 0) is 6.42 Å². The van der Waals surface area contributed by atoms with Crippen LogP contribution in [0.15, 0.2) is 18.2 Å². The van der Waals surface area contributed by atoms with Crippen LogP contribution in [0.4, 0.5) is 5.69 Å². The number of nitrogens with zero attached hydrogens (tertiary/aromatic N) is 1. The molecule has 1 aromatic carbocycles. The van der Waals surface area contributed by atoms with Gasteiger partial charge in [-0.2, -0.15) is 0 Å². The van der Waals surface area contributed by atoms with Gasteiger partial charge < -0.3 is 10.7 Å². The molecule has 0 saturated heterocycles. The van der Waals surface area contributed by atoms with Crippen molar-refractivity contribution in [3.63, 3.8) is 0 Å².